The molecule has 0 aliphatic heterocycles. The smallest absolute Gasteiger partial charge is 0.139 e. The molecular formula is C10H14BrFN2O. The van der Waals surface area contributed by atoms with E-state index in [1.807, 2.05) is 0 Å². The van der Waals surface area contributed by atoms with Crippen molar-refractivity contribution in [1.82, 2.24) is 0 Å². The molecule has 0 aromatic heterocycles. The minimum Gasteiger partial charge on any atom is -0.397 e. The van der Waals surface area contributed by atoms with Gasteiger partial charge in [-0.2, -0.15) is 0 Å². The van der Waals surface area contributed by atoms with Crippen molar-refractivity contribution in [1.29, 1.82) is 0 Å². The maximum Gasteiger partial charge on any atom is 0.139 e. The quantitative estimate of drug-likeness (QED) is 0.743. The van der Waals surface area contributed by atoms with Crippen LogP contribution in [0.15, 0.2) is 16.6 Å². The lowest BCUT2D eigenvalue weighted by molar-refractivity contribution is 0.0945. The average molecular weight is 277 g/mol. The molecule has 1 rings (SSSR count). The first-order valence-electron chi connectivity index (χ1n) is 4.50. The molecule has 1 aromatic carbocycles. The van der Waals surface area contributed by atoms with Gasteiger partial charge in [-0.1, -0.05) is 0 Å². The fourth-order valence-corrected chi connectivity index (χ4v) is 1.39. The summed E-state index contributed by atoms with van der Waals surface area (Å²) in [5, 5.41) is 12.4. The first kappa shape index (κ1) is 12.3. The Bertz CT molecular complexity index is 363. The Morgan fingerprint density at radius 3 is 2.67 bits per heavy atom. The number of rotatable bonds is 3. The summed E-state index contributed by atoms with van der Waals surface area (Å²) in [7, 11) is 0. The predicted molar refractivity (Wildman–Crippen MR) is 63.3 cm³/mol. The standard InChI is InChI=1S/C10H14BrFN2O/c1-10(2,15)5-14-9-4-7(12)6(11)3-8(9)13/h3-4,14-15H,5,13H2,1-2H3. The molecule has 4 N–H and O–H groups in total. The lowest BCUT2D eigenvalue weighted by atomic mass is 10.1. The second-order valence-electron chi connectivity index (χ2n) is 4.02. The van der Waals surface area contributed by atoms with Crippen molar-refractivity contribution in [3.05, 3.63) is 22.4 Å². The molecule has 3 nitrogen and oxygen atoms in total. The van der Waals surface area contributed by atoms with Crippen LogP contribution in [0.4, 0.5) is 15.8 Å². The van der Waals surface area contributed by atoms with Crippen molar-refractivity contribution < 1.29 is 9.50 Å². The van der Waals surface area contributed by atoms with E-state index in [1.54, 1.807) is 13.8 Å². The van der Waals surface area contributed by atoms with Gasteiger partial charge in [0, 0.05) is 12.6 Å². The number of benzene rings is 1. The van der Waals surface area contributed by atoms with Crippen LogP contribution in [0.5, 0.6) is 0 Å². The van der Waals surface area contributed by atoms with Crippen molar-refractivity contribution in [2.45, 2.75) is 19.4 Å². The third kappa shape index (κ3) is 3.68. The highest BCUT2D eigenvalue weighted by molar-refractivity contribution is 9.10. The number of hydrogen-bond acceptors (Lipinski definition) is 3. The number of halogens is 2. The molecule has 0 spiro atoms. The molecule has 0 amide bonds. The van der Waals surface area contributed by atoms with E-state index in [4.69, 9.17) is 5.73 Å². The second kappa shape index (κ2) is 4.37. The molecule has 0 aliphatic rings. The van der Waals surface area contributed by atoms with Crippen LogP contribution in [0.2, 0.25) is 0 Å². The van der Waals surface area contributed by atoms with Gasteiger partial charge in [0.2, 0.25) is 0 Å². The van der Waals surface area contributed by atoms with Crippen LogP contribution in [0.25, 0.3) is 0 Å². The number of aliphatic hydroxyl groups is 1. The zero-order valence-electron chi connectivity index (χ0n) is 8.64. The summed E-state index contributed by atoms with van der Waals surface area (Å²) < 4.78 is 13.5. The number of nitrogen functional groups attached to an aromatic ring is 1. The zero-order valence-corrected chi connectivity index (χ0v) is 10.2. The van der Waals surface area contributed by atoms with Gasteiger partial charge in [-0.15, -0.1) is 0 Å². The van der Waals surface area contributed by atoms with E-state index >= 15 is 0 Å². The lowest BCUT2D eigenvalue weighted by Crippen LogP contribution is -2.29. The number of nitrogens with one attached hydrogen (secondary N) is 1. The van der Waals surface area contributed by atoms with E-state index in [0.29, 0.717) is 22.4 Å². The maximum atomic E-state index is 13.2. The fourth-order valence-electron chi connectivity index (χ4n) is 1.03. The molecule has 0 aliphatic carbocycles. The van der Waals surface area contributed by atoms with E-state index in [1.165, 1.54) is 12.1 Å². The summed E-state index contributed by atoms with van der Waals surface area (Å²) in [6.07, 6.45) is 0. The SMILES string of the molecule is CC(C)(O)CNc1cc(F)c(Br)cc1N. The molecule has 0 heterocycles. The van der Waals surface area contributed by atoms with Gasteiger partial charge < -0.3 is 16.2 Å². The molecule has 5 heteroatoms. The highest BCUT2D eigenvalue weighted by Gasteiger charge is 2.13. The third-order valence-corrected chi connectivity index (χ3v) is 2.41. The van der Waals surface area contributed by atoms with Crippen LogP contribution < -0.4 is 11.1 Å². The van der Waals surface area contributed by atoms with Crippen LogP contribution in [0, 0.1) is 5.82 Å². The highest BCUT2D eigenvalue weighted by Crippen LogP contribution is 2.26. The van der Waals surface area contributed by atoms with E-state index in [9.17, 15) is 9.50 Å². The minimum absolute atomic E-state index is 0.304. The Morgan fingerprint density at radius 1 is 1.53 bits per heavy atom. The van der Waals surface area contributed by atoms with Crippen molar-refractivity contribution in [3.8, 4) is 0 Å². The fraction of sp³-hybridized carbons (Fsp3) is 0.400. The van der Waals surface area contributed by atoms with Crippen molar-refractivity contribution in [2.75, 3.05) is 17.6 Å². The summed E-state index contributed by atoms with van der Waals surface area (Å²) in [6.45, 7) is 3.62. The molecule has 0 saturated heterocycles. The molecule has 0 bridgehead atoms. The number of anilines is 2. The number of nitrogens with two attached hydrogens (primary N) is 1. The maximum absolute atomic E-state index is 13.2. The average Bonchev–Trinajstić information content (AvgIpc) is 2.07. The van der Waals surface area contributed by atoms with Gasteiger partial charge in [0.05, 0.1) is 21.4 Å². The zero-order chi connectivity index (χ0) is 11.6. The monoisotopic (exact) mass is 276 g/mol. The number of hydrogen-bond donors (Lipinski definition) is 3. The van der Waals surface area contributed by atoms with Gasteiger partial charge in [0.1, 0.15) is 5.82 Å². The molecule has 0 radical (unpaired) electrons. The van der Waals surface area contributed by atoms with Crippen LogP contribution >= 0.6 is 15.9 Å². The first-order valence-corrected chi connectivity index (χ1v) is 5.30. The normalized spacial score (nSPS) is 11.5. The molecule has 84 valence electrons. The van der Waals surface area contributed by atoms with Gasteiger partial charge in [0.15, 0.2) is 0 Å². The third-order valence-electron chi connectivity index (χ3n) is 1.80. The van der Waals surface area contributed by atoms with E-state index in [0.717, 1.165) is 0 Å². The van der Waals surface area contributed by atoms with Gasteiger partial charge in [0.25, 0.3) is 0 Å². The molecule has 0 unspecified atom stereocenters. The Labute approximate surface area is 96.6 Å². The van der Waals surface area contributed by atoms with E-state index in [-0.39, 0.29) is 5.82 Å². The summed E-state index contributed by atoms with van der Waals surface area (Å²) in [5.41, 5.74) is 5.74. The van der Waals surface area contributed by atoms with E-state index in [2.05, 4.69) is 21.2 Å². The van der Waals surface area contributed by atoms with Gasteiger partial charge in [-0.3, -0.25) is 0 Å². The van der Waals surface area contributed by atoms with Crippen LogP contribution in [-0.4, -0.2) is 17.3 Å². The molecular weight excluding hydrogens is 263 g/mol. The lowest BCUT2D eigenvalue weighted by Gasteiger charge is -2.19. The van der Waals surface area contributed by atoms with Gasteiger partial charge >= 0.3 is 0 Å². The predicted octanol–water partition coefficient (Wildman–Crippen LogP) is 2.35. The Hall–Kier alpha value is -0.810. The van der Waals surface area contributed by atoms with Crippen LogP contribution in [0.3, 0.4) is 0 Å². The summed E-state index contributed by atoms with van der Waals surface area (Å²) >= 11 is 3.04. The molecule has 15 heavy (non-hydrogen) atoms. The Balaban J connectivity index is 2.82. The molecule has 0 atom stereocenters. The van der Waals surface area contributed by atoms with Gasteiger partial charge in [-0.05, 0) is 35.8 Å². The Morgan fingerprint density at radius 2 is 2.13 bits per heavy atom. The van der Waals surface area contributed by atoms with Crippen LogP contribution in [0.1, 0.15) is 13.8 Å². The summed E-state index contributed by atoms with van der Waals surface area (Å²) in [5.74, 6) is -0.387. The first-order chi connectivity index (χ1) is 6.79. The van der Waals surface area contributed by atoms with Gasteiger partial charge in [-0.25, -0.2) is 4.39 Å². The second-order valence-corrected chi connectivity index (χ2v) is 4.87. The molecule has 1 aromatic rings. The largest absolute Gasteiger partial charge is 0.397 e. The van der Waals surface area contributed by atoms with Crippen molar-refractivity contribution in [2.24, 2.45) is 0 Å². The molecule has 0 fully saturated rings. The summed E-state index contributed by atoms with van der Waals surface area (Å²) in [4.78, 5) is 0. The summed E-state index contributed by atoms with van der Waals surface area (Å²) in [6, 6.07) is 2.78. The highest BCUT2D eigenvalue weighted by atomic mass is 79.9. The molecule has 0 saturated carbocycles. The van der Waals surface area contributed by atoms with E-state index < -0.39 is 5.60 Å². The van der Waals surface area contributed by atoms with Crippen molar-refractivity contribution >= 4 is 27.3 Å². The van der Waals surface area contributed by atoms with Crippen LogP contribution in [-0.2, 0) is 0 Å². The van der Waals surface area contributed by atoms with Crippen molar-refractivity contribution in [3.63, 3.8) is 0 Å². The topological polar surface area (TPSA) is 58.3 Å². The Kier molecular flexibility index (Phi) is 3.57. The minimum atomic E-state index is -0.865.